The largest absolute Gasteiger partial charge is 0.365 e. The van der Waals surface area contributed by atoms with Crippen molar-refractivity contribution in [3.05, 3.63) is 90.0 Å². The van der Waals surface area contributed by atoms with Crippen molar-refractivity contribution in [2.24, 2.45) is 0 Å². The number of aromatic nitrogens is 1. The van der Waals surface area contributed by atoms with Crippen LogP contribution in [0.3, 0.4) is 0 Å². The minimum atomic E-state index is -3.83. The quantitative estimate of drug-likeness (QED) is 0.444. The minimum Gasteiger partial charge on any atom is -0.365 e. The second-order valence-electron chi connectivity index (χ2n) is 8.93. The number of hydrogen-bond donors (Lipinski definition) is 1. The van der Waals surface area contributed by atoms with E-state index in [0.29, 0.717) is 17.9 Å². The van der Waals surface area contributed by atoms with Gasteiger partial charge in [-0.3, -0.25) is 0 Å². The first-order chi connectivity index (χ1) is 16.4. The molecule has 6 nitrogen and oxygen atoms in total. The Kier molecular flexibility index (Phi) is 6.06. The van der Waals surface area contributed by atoms with Gasteiger partial charge in [-0.2, -0.15) is 0 Å². The lowest BCUT2D eigenvalue weighted by atomic mass is 10.2. The van der Waals surface area contributed by atoms with Crippen LogP contribution in [-0.4, -0.2) is 50.5 Å². The molecule has 0 unspecified atom stereocenters. The number of rotatable bonds is 6. The second-order valence-corrected chi connectivity index (χ2v) is 10.7. The maximum Gasteiger partial charge on any atom is 0.269 e. The van der Waals surface area contributed by atoms with E-state index in [1.54, 1.807) is 12.1 Å². The topological polar surface area (TPSA) is 57.6 Å². The lowest BCUT2D eigenvalue weighted by Crippen LogP contribution is -2.44. The number of nitrogens with zero attached hydrogens (tertiary/aromatic N) is 3. The highest BCUT2D eigenvalue weighted by atomic mass is 32.2. The van der Waals surface area contributed by atoms with Crippen molar-refractivity contribution in [3.8, 4) is 0 Å². The minimum absolute atomic E-state index is 0.284. The predicted molar refractivity (Wildman–Crippen MR) is 139 cm³/mol. The number of hydrogen-bond acceptors (Lipinski definition) is 5. The molecule has 0 bridgehead atoms. The molecule has 0 aliphatic carbocycles. The molecule has 1 aliphatic heterocycles. The first-order valence-corrected chi connectivity index (χ1v) is 13.1. The number of likely N-dealkylation sites (N-methyl/N-ethyl adjacent to an activating group) is 1. The van der Waals surface area contributed by atoms with Gasteiger partial charge in [-0.05, 0) is 37.7 Å². The van der Waals surface area contributed by atoms with Gasteiger partial charge in [0.05, 0.1) is 16.1 Å². The Hall–Kier alpha value is -3.29. The van der Waals surface area contributed by atoms with Crippen molar-refractivity contribution in [2.75, 3.05) is 43.4 Å². The third kappa shape index (κ3) is 4.17. The van der Waals surface area contributed by atoms with Crippen LogP contribution < -0.4 is 10.2 Å². The first kappa shape index (κ1) is 22.5. The summed E-state index contributed by atoms with van der Waals surface area (Å²) in [7, 11) is -1.71. The summed E-state index contributed by atoms with van der Waals surface area (Å²) in [6.45, 7) is 6.04. The van der Waals surface area contributed by atoms with Gasteiger partial charge in [-0.25, -0.2) is 12.4 Å². The molecular weight excluding hydrogens is 444 g/mol. The number of para-hydroxylation sites is 1. The highest BCUT2D eigenvalue weighted by Crippen LogP contribution is 2.41. The van der Waals surface area contributed by atoms with Crippen LogP contribution in [0.5, 0.6) is 0 Å². The van der Waals surface area contributed by atoms with E-state index in [2.05, 4.69) is 22.2 Å². The number of nitrogens with one attached hydrogen (secondary N) is 1. The molecule has 0 radical (unpaired) electrons. The Balaban J connectivity index is 1.70. The van der Waals surface area contributed by atoms with Crippen molar-refractivity contribution in [2.45, 2.75) is 18.4 Å². The molecular formula is C27H30N4O2S. The van der Waals surface area contributed by atoms with Crippen LogP contribution in [0.1, 0.15) is 11.1 Å². The molecule has 3 aromatic carbocycles. The SMILES string of the molecule is Cc1ccc(S(=O)(=O)n2c(NCc3ccccc3)c(N3CCN(C)CC3)c3ccccc32)cc1. The van der Waals surface area contributed by atoms with Crippen molar-refractivity contribution >= 4 is 32.4 Å². The summed E-state index contributed by atoms with van der Waals surface area (Å²) in [5, 5.41) is 4.45. The van der Waals surface area contributed by atoms with E-state index >= 15 is 0 Å². The standard InChI is InChI=1S/C27H30N4O2S/c1-21-12-14-23(15-13-21)34(32,33)31-25-11-7-6-10-24(25)26(30-18-16-29(2)17-19-30)27(31)28-20-22-8-4-3-5-9-22/h3-15,28H,16-20H2,1-2H3. The third-order valence-electron chi connectivity index (χ3n) is 6.49. The molecule has 2 heterocycles. The number of benzene rings is 3. The lowest BCUT2D eigenvalue weighted by Gasteiger charge is -2.34. The fourth-order valence-corrected chi connectivity index (χ4v) is 6.05. The van der Waals surface area contributed by atoms with E-state index in [1.807, 2.05) is 73.7 Å². The number of aryl methyl sites for hydroxylation is 1. The highest BCUT2D eigenvalue weighted by Gasteiger charge is 2.30. The molecule has 1 aromatic heterocycles. The van der Waals surface area contributed by atoms with Gasteiger partial charge >= 0.3 is 0 Å². The Morgan fingerprint density at radius 2 is 1.47 bits per heavy atom. The van der Waals surface area contributed by atoms with Crippen molar-refractivity contribution in [1.29, 1.82) is 0 Å². The van der Waals surface area contributed by atoms with Crippen LogP contribution in [0, 0.1) is 6.92 Å². The summed E-state index contributed by atoms with van der Waals surface area (Å²) < 4.78 is 29.6. The molecule has 5 rings (SSSR count). The average Bonchev–Trinajstić information content (AvgIpc) is 3.19. The Morgan fingerprint density at radius 1 is 0.824 bits per heavy atom. The van der Waals surface area contributed by atoms with Crippen molar-refractivity contribution in [3.63, 3.8) is 0 Å². The van der Waals surface area contributed by atoms with Gasteiger partial charge in [-0.15, -0.1) is 0 Å². The molecule has 1 aliphatic rings. The maximum atomic E-state index is 14.0. The van der Waals surface area contributed by atoms with Gasteiger partial charge in [0.25, 0.3) is 10.0 Å². The molecule has 0 amide bonds. The van der Waals surface area contributed by atoms with Gasteiger partial charge in [0.2, 0.25) is 0 Å². The Morgan fingerprint density at radius 3 is 2.18 bits per heavy atom. The molecule has 1 N–H and O–H groups in total. The number of piperazine rings is 1. The van der Waals surface area contributed by atoms with Crippen LogP contribution in [0.4, 0.5) is 11.5 Å². The monoisotopic (exact) mass is 474 g/mol. The molecule has 4 aromatic rings. The van der Waals surface area contributed by atoms with E-state index in [-0.39, 0.29) is 4.90 Å². The average molecular weight is 475 g/mol. The third-order valence-corrected chi connectivity index (χ3v) is 8.21. The van der Waals surface area contributed by atoms with Crippen LogP contribution in [-0.2, 0) is 16.6 Å². The summed E-state index contributed by atoms with van der Waals surface area (Å²) in [6.07, 6.45) is 0. The van der Waals surface area contributed by atoms with Crippen molar-refractivity contribution < 1.29 is 8.42 Å². The zero-order valence-electron chi connectivity index (χ0n) is 19.6. The first-order valence-electron chi connectivity index (χ1n) is 11.6. The molecule has 1 saturated heterocycles. The summed E-state index contributed by atoms with van der Waals surface area (Å²) in [6, 6.07) is 24.9. The van der Waals surface area contributed by atoms with E-state index in [9.17, 15) is 8.42 Å². The van der Waals surface area contributed by atoms with Gasteiger partial charge in [0.1, 0.15) is 5.82 Å². The van der Waals surface area contributed by atoms with Crippen molar-refractivity contribution in [1.82, 2.24) is 8.87 Å². The summed E-state index contributed by atoms with van der Waals surface area (Å²) >= 11 is 0. The zero-order valence-corrected chi connectivity index (χ0v) is 20.4. The van der Waals surface area contributed by atoms with Crippen LogP contribution in [0.25, 0.3) is 10.9 Å². The number of anilines is 2. The summed E-state index contributed by atoms with van der Waals surface area (Å²) in [4.78, 5) is 4.90. The molecule has 0 atom stereocenters. The maximum absolute atomic E-state index is 14.0. The Labute approximate surface area is 201 Å². The highest BCUT2D eigenvalue weighted by molar-refractivity contribution is 7.90. The fourth-order valence-electron chi connectivity index (χ4n) is 4.55. The van der Waals surface area contributed by atoms with Gasteiger partial charge in [-0.1, -0.05) is 66.2 Å². The zero-order chi connectivity index (χ0) is 23.7. The normalized spacial score (nSPS) is 15.1. The predicted octanol–water partition coefficient (Wildman–Crippen LogP) is 4.55. The number of fused-ring (bicyclic) bond motifs is 1. The summed E-state index contributed by atoms with van der Waals surface area (Å²) in [5.74, 6) is 0.621. The van der Waals surface area contributed by atoms with E-state index in [0.717, 1.165) is 48.4 Å². The smallest absolute Gasteiger partial charge is 0.269 e. The molecule has 34 heavy (non-hydrogen) atoms. The Bertz CT molecular complexity index is 1390. The fraction of sp³-hybridized carbons (Fsp3) is 0.259. The van der Waals surface area contributed by atoms with Gasteiger partial charge < -0.3 is 15.1 Å². The van der Waals surface area contributed by atoms with Gasteiger partial charge in [0.15, 0.2) is 0 Å². The molecule has 0 spiro atoms. The lowest BCUT2D eigenvalue weighted by molar-refractivity contribution is 0.313. The second kappa shape index (κ2) is 9.16. The molecule has 7 heteroatoms. The molecule has 0 saturated carbocycles. The van der Waals surface area contributed by atoms with Gasteiger partial charge in [0, 0.05) is 38.1 Å². The molecule has 1 fully saturated rings. The van der Waals surface area contributed by atoms with Crippen LogP contribution >= 0.6 is 0 Å². The van der Waals surface area contributed by atoms with E-state index in [4.69, 9.17) is 0 Å². The van der Waals surface area contributed by atoms with Crippen LogP contribution in [0.2, 0.25) is 0 Å². The van der Waals surface area contributed by atoms with E-state index < -0.39 is 10.0 Å². The summed E-state index contributed by atoms with van der Waals surface area (Å²) in [5.41, 5.74) is 3.76. The van der Waals surface area contributed by atoms with E-state index in [1.165, 1.54) is 3.97 Å². The molecule has 176 valence electrons. The van der Waals surface area contributed by atoms with Crippen LogP contribution in [0.15, 0.2) is 83.8 Å².